The molecule has 0 aliphatic carbocycles. The molecule has 2 N–H and O–H groups in total. The molecular formula is C21H33N3O2. The fraction of sp³-hybridized carbons (Fsp3) is 0.667. The minimum absolute atomic E-state index is 0.0783. The summed E-state index contributed by atoms with van der Waals surface area (Å²) in [6.45, 7) is 7.79. The predicted octanol–water partition coefficient (Wildman–Crippen LogP) is 2.17. The molecule has 2 aliphatic rings. The van der Waals surface area contributed by atoms with Crippen molar-refractivity contribution in [2.75, 3.05) is 32.8 Å². The summed E-state index contributed by atoms with van der Waals surface area (Å²) >= 11 is 0. The first kappa shape index (κ1) is 19.3. The van der Waals surface area contributed by atoms with Crippen molar-refractivity contribution in [3.63, 3.8) is 0 Å². The largest absolute Gasteiger partial charge is 0.373 e. The Morgan fingerprint density at radius 2 is 2.23 bits per heavy atom. The number of amides is 1. The average molecular weight is 360 g/mol. The third-order valence-electron chi connectivity index (χ3n) is 5.60. The third kappa shape index (κ3) is 5.79. The zero-order valence-corrected chi connectivity index (χ0v) is 16.0. The quantitative estimate of drug-likeness (QED) is 0.747. The van der Waals surface area contributed by atoms with Gasteiger partial charge in [-0.3, -0.25) is 9.69 Å². The second-order valence-corrected chi connectivity index (χ2v) is 7.61. The molecule has 0 saturated carbocycles. The number of ether oxygens (including phenoxy) is 1. The topological polar surface area (TPSA) is 53.6 Å². The van der Waals surface area contributed by atoms with Gasteiger partial charge in [0.05, 0.1) is 18.8 Å². The van der Waals surface area contributed by atoms with Crippen LogP contribution in [0.25, 0.3) is 0 Å². The molecule has 1 aromatic rings. The van der Waals surface area contributed by atoms with Gasteiger partial charge in [-0.2, -0.15) is 0 Å². The van der Waals surface area contributed by atoms with Crippen LogP contribution < -0.4 is 10.6 Å². The minimum atomic E-state index is 0.0783. The Bertz CT molecular complexity index is 545. The van der Waals surface area contributed by atoms with Gasteiger partial charge in [-0.15, -0.1) is 0 Å². The van der Waals surface area contributed by atoms with Crippen molar-refractivity contribution in [1.29, 1.82) is 0 Å². The molecule has 144 valence electrons. The number of hydrogen-bond acceptors (Lipinski definition) is 4. The number of hydrogen-bond donors (Lipinski definition) is 2. The van der Waals surface area contributed by atoms with E-state index in [4.69, 9.17) is 4.74 Å². The van der Waals surface area contributed by atoms with E-state index in [1.165, 1.54) is 12.0 Å². The average Bonchev–Trinajstić information content (AvgIpc) is 3.19. The molecule has 3 atom stereocenters. The van der Waals surface area contributed by atoms with Crippen LogP contribution in [0.4, 0.5) is 0 Å². The van der Waals surface area contributed by atoms with Crippen LogP contribution in [0.15, 0.2) is 30.3 Å². The summed E-state index contributed by atoms with van der Waals surface area (Å²) in [4.78, 5) is 14.8. The summed E-state index contributed by atoms with van der Waals surface area (Å²) in [5.41, 5.74) is 1.33. The summed E-state index contributed by atoms with van der Waals surface area (Å²) in [7, 11) is 0. The first-order chi connectivity index (χ1) is 12.7. The van der Waals surface area contributed by atoms with Gasteiger partial charge in [0.1, 0.15) is 0 Å². The van der Waals surface area contributed by atoms with E-state index in [9.17, 15) is 4.79 Å². The van der Waals surface area contributed by atoms with Crippen LogP contribution in [0.5, 0.6) is 0 Å². The Morgan fingerprint density at radius 3 is 2.96 bits per heavy atom. The second kappa shape index (κ2) is 10.0. The van der Waals surface area contributed by atoms with Crippen molar-refractivity contribution in [1.82, 2.24) is 15.5 Å². The van der Waals surface area contributed by atoms with Crippen molar-refractivity contribution >= 4 is 5.91 Å². The maximum absolute atomic E-state index is 12.4. The highest BCUT2D eigenvalue weighted by Gasteiger charge is 2.28. The van der Waals surface area contributed by atoms with Crippen LogP contribution in [0.3, 0.4) is 0 Å². The lowest BCUT2D eigenvalue weighted by atomic mass is 10.0. The van der Waals surface area contributed by atoms with Gasteiger partial charge >= 0.3 is 0 Å². The molecule has 0 aromatic heterocycles. The first-order valence-electron chi connectivity index (χ1n) is 10.1. The molecule has 1 aromatic carbocycles. The molecule has 0 spiro atoms. The van der Waals surface area contributed by atoms with Crippen LogP contribution >= 0.6 is 0 Å². The van der Waals surface area contributed by atoms with Gasteiger partial charge in [0, 0.05) is 26.1 Å². The summed E-state index contributed by atoms with van der Waals surface area (Å²) in [5.74, 6) is 0.834. The normalized spacial score (nSPS) is 25.1. The number of carbonyl (C=O) groups excluding carboxylic acids is 1. The number of nitrogens with one attached hydrogen (secondary N) is 2. The van der Waals surface area contributed by atoms with Crippen LogP contribution in [0, 0.1) is 5.92 Å². The van der Waals surface area contributed by atoms with E-state index in [0.717, 1.165) is 52.2 Å². The highest BCUT2D eigenvalue weighted by molar-refractivity contribution is 5.76. The molecule has 3 rings (SSSR count). The lowest BCUT2D eigenvalue weighted by molar-refractivity contribution is -0.124. The molecular weight excluding hydrogens is 326 g/mol. The van der Waals surface area contributed by atoms with E-state index in [1.54, 1.807) is 0 Å². The van der Waals surface area contributed by atoms with E-state index in [1.807, 2.05) is 0 Å². The first-order valence-corrected chi connectivity index (χ1v) is 10.1. The molecule has 2 aliphatic heterocycles. The molecule has 3 unspecified atom stereocenters. The second-order valence-electron chi connectivity index (χ2n) is 7.61. The van der Waals surface area contributed by atoms with Gasteiger partial charge in [-0.1, -0.05) is 37.3 Å². The maximum atomic E-state index is 12.4. The Morgan fingerprint density at radius 1 is 1.38 bits per heavy atom. The SMILES string of the molecule is CCC(NC(=O)CCC1CCNC1)C1CN(Cc2ccccc2)CCO1. The molecule has 0 bridgehead atoms. The summed E-state index contributed by atoms with van der Waals surface area (Å²) in [6.07, 6.45) is 3.80. The molecule has 1 amide bonds. The fourth-order valence-electron chi connectivity index (χ4n) is 3.99. The number of carbonyl (C=O) groups is 1. The zero-order valence-electron chi connectivity index (χ0n) is 16.0. The molecule has 5 heteroatoms. The molecule has 2 heterocycles. The smallest absolute Gasteiger partial charge is 0.220 e. The van der Waals surface area contributed by atoms with Crippen LogP contribution in [-0.4, -0.2) is 55.7 Å². The predicted molar refractivity (Wildman–Crippen MR) is 104 cm³/mol. The molecule has 26 heavy (non-hydrogen) atoms. The van der Waals surface area contributed by atoms with Gasteiger partial charge in [0.25, 0.3) is 0 Å². The van der Waals surface area contributed by atoms with Gasteiger partial charge < -0.3 is 15.4 Å². The number of nitrogens with zero attached hydrogens (tertiary/aromatic N) is 1. The maximum Gasteiger partial charge on any atom is 0.220 e. The van der Waals surface area contributed by atoms with Gasteiger partial charge in [-0.05, 0) is 43.8 Å². The standard InChI is InChI=1S/C21H33N3O2/c1-2-19(23-21(25)9-8-17-10-11-22-14-17)20-16-24(12-13-26-20)15-18-6-4-3-5-7-18/h3-7,17,19-20,22H,2,8-16H2,1H3,(H,23,25). The lowest BCUT2D eigenvalue weighted by Gasteiger charge is -2.37. The summed E-state index contributed by atoms with van der Waals surface area (Å²) in [6, 6.07) is 10.7. The van der Waals surface area contributed by atoms with Crippen molar-refractivity contribution in [2.24, 2.45) is 5.92 Å². The van der Waals surface area contributed by atoms with Gasteiger partial charge in [0.2, 0.25) is 5.91 Å². The Kier molecular flexibility index (Phi) is 7.47. The Balaban J connectivity index is 1.46. The van der Waals surface area contributed by atoms with Gasteiger partial charge in [-0.25, -0.2) is 0 Å². The summed E-state index contributed by atoms with van der Waals surface area (Å²) in [5, 5.41) is 6.60. The van der Waals surface area contributed by atoms with E-state index in [-0.39, 0.29) is 18.1 Å². The van der Waals surface area contributed by atoms with Crippen LogP contribution in [0.2, 0.25) is 0 Å². The van der Waals surface area contributed by atoms with Crippen LogP contribution in [0.1, 0.15) is 38.2 Å². The lowest BCUT2D eigenvalue weighted by Crippen LogP contribution is -2.53. The van der Waals surface area contributed by atoms with Crippen molar-refractivity contribution < 1.29 is 9.53 Å². The van der Waals surface area contributed by atoms with Crippen LogP contribution in [-0.2, 0) is 16.1 Å². The minimum Gasteiger partial charge on any atom is -0.373 e. The Hall–Kier alpha value is -1.43. The van der Waals surface area contributed by atoms with Gasteiger partial charge in [0.15, 0.2) is 0 Å². The Labute approximate surface area is 157 Å². The molecule has 2 saturated heterocycles. The number of rotatable bonds is 8. The molecule has 5 nitrogen and oxygen atoms in total. The monoisotopic (exact) mass is 359 g/mol. The fourth-order valence-corrected chi connectivity index (χ4v) is 3.99. The van der Waals surface area contributed by atoms with Crippen molar-refractivity contribution in [3.05, 3.63) is 35.9 Å². The highest BCUT2D eigenvalue weighted by Crippen LogP contribution is 2.16. The molecule has 0 radical (unpaired) electrons. The van der Waals surface area contributed by atoms with Crippen molar-refractivity contribution in [3.8, 4) is 0 Å². The van der Waals surface area contributed by atoms with E-state index < -0.39 is 0 Å². The number of morpholine rings is 1. The highest BCUT2D eigenvalue weighted by atomic mass is 16.5. The summed E-state index contributed by atoms with van der Waals surface area (Å²) < 4.78 is 6.01. The van der Waals surface area contributed by atoms with Crippen molar-refractivity contribution in [2.45, 2.75) is 51.3 Å². The van der Waals surface area contributed by atoms with E-state index in [0.29, 0.717) is 12.3 Å². The van der Waals surface area contributed by atoms with E-state index >= 15 is 0 Å². The zero-order chi connectivity index (χ0) is 18.2. The van der Waals surface area contributed by atoms with E-state index in [2.05, 4.69) is 52.8 Å². The molecule has 2 fully saturated rings. The number of benzene rings is 1. The third-order valence-corrected chi connectivity index (χ3v) is 5.60.